The second kappa shape index (κ2) is 6.39. The van der Waals surface area contributed by atoms with Crippen LogP contribution in [0.25, 0.3) is 0 Å². The number of nitrogens with zero attached hydrogens (tertiary/aromatic N) is 2. The Labute approximate surface area is 132 Å². The predicted octanol–water partition coefficient (Wildman–Crippen LogP) is 4.27. The molecule has 1 fully saturated rings. The Morgan fingerprint density at radius 2 is 1.91 bits per heavy atom. The van der Waals surface area contributed by atoms with Crippen molar-refractivity contribution in [3.63, 3.8) is 0 Å². The van der Waals surface area contributed by atoms with Gasteiger partial charge >= 0.3 is 6.09 Å². The molecule has 0 radical (unpaired) electrons. The van der Waals surface area contributed by atoms with Crippen LogP contribution in [0.5, 0.6) is 0 Å². The van der Waals surface area contributed by atoms with Crippen molar-refractivity contribution in [2.24, 2.45) is 5.92 Å². The smallest absolute Gasteiger partial charge is 0.410 e. The third-order valence-corrected chi connectivity index (χ3v) is 3.87. The Morgan fingerprint density at radius 1 is 1.27 bits per heavy atom. The SMILES string of the molecule is CC1CC[C@@H](c2ccc(C#N)cc2)N(C(=O)OC(C)(C)C)C1. The zero-order valence-electron chi connectivity index (χ0n) is 13.8. The highest BCUT2D eigenvalue weighted by Crippen LogP contribution is 2.34. The number of likely N-dealkylation sites (tertiary alicyclic amines) is 1. The molecule has 0 saturated carbocycles. The normalized spacial score (nSPS) is 22.0. The first-order valence-electron chi connectivity index (χ1n) is 7.80. The Hall–Kier alpha value is -2.02. The van der Waals surface area contributed by atoms with Gasteiger partial charge in [0.25, 0.3) is 0 Å². The van der Waals surface area contributed by atoms with Gasteiger partial charge in [-0.2, -0.15) is 5.26 Å². The second-order valence-corrected chi connectivity index (χ2v) is 7.06. The highest BCUT2D eigenvalue weighted by Gasteiger charge is 2.33. The van der Waals surface area contributed by atoms with Gasteiger partial charge in [-0.1, -0.05) is 19.1 Å². The van der Waals surface area contributed by atoms with Crippen molar-refractivity contribution in [2.75, 3.05) is 6.54 Å². The van der Waals surface area contributed by atoms with E-state index in [4.69, 9.17) is 10.00 Å². The maximum Gasteiger partial charge on any atom is 0.410 e. The first-order valence-corrected chi connectivity index (χ1v) is 7.80. The maximum atomic E-state index is 12.5. The number of carbonyl (C=O) groups is 1. The van der Waals surface area contributed by atoms with Crippen molar-refractivity contribution in [1.29, 1.82) is 5.26 Å². The molecule has 0 aliphatic carbocycles. The van der Waals surface area contributed by atoms with Gasteiger partial charge in [0.05, 0.1) is 17.7 Å². The van der Waals surface area contributed by atoms with Gasteiger partial charge in [0.1, 0.15) is 5.60 Å². The van der Waals surface area contributed by atoms with E-state index in [1.807, 2.05) is 37.8 Å². The van der Waals surface area contributed by atoms with E-state index in [0.29, 0.717) is 18.0 Å². The first kappa shape index (κ1) is 16.4. The molecule has 1 aromatic rings. The van der Waals surface area contributed by atoms with Gasteiger partial charge in [0.2, 0.25) is 0 Å². The van der Waals surface area contributed by atoms with Crippen molar-refractivity contribution < 1.29 is 9.53 Å². The summed E-state index contributed by atoms with van der Waals surface area (Å²) in [4.78, 5) is 14.4. The van der Waals surface area contributed by atoms with E-state index in [1.165, 1.54) is 0 Å². The highest BCUT2D eigenvalue weighted by molar-refractivity contribution is 5.69. The molecule has 118 valence electrons. The van der Waals surface area contributed by atoms with Gasteiger partial charge in [-0.3, -0.25) is 0 Å². The molecule has 1 aliphatic rings. The topological polar surface area (TPSA) is 53.3 Å². The van der Waals surface area contributed by atoms with Crippen LogP contribution >= 0.6 is 0 Å². The van der Waals surface area contributed by atoms with E-state index in [-0.39, 0.29) is 12.1 Å². The summed E-state index contributed by atoms with van der Waals surface area (Å²) in [7, 11) is 0. The lowest BCUT2D eigenvalue weighted by Crippen LogP contribution is -2.44. The van der Waals surface area contributed by atoms with E-state index < -0.39 is 5.60 Å². The van der Waals surface area contributed by atoms with E-state index in [9.17, 15) is 4.79 Å². The third kappa shape index (κ3) is 4.00. The first-order chi connectivity index (χ1) is 10.3. The summed E-state index contributed by atoms with van der Waals surface area (Å²) < 4.78 is 5.56. The molecule has 1 aromatic carbocycles. The second-order valence-electron chi connectivity index (χ2n) is 7.06. The number of piperidine rings is 1. The molecule has 1 heterocycles. The Balaban J connectivity index is 2.22. The van der Waals surface area contributed by atoms with Crippen LogP contribution in [0.4, 0.5) is 4.79 Å². The van der Waals surface area contributed by atoms with Crippen LogP contribution in [0.15, 0.2) is 24.3 Å². The van der Waals surface area contributed by atoms with Crippen molar-refractivity contribution in [2.45, 2.75) is 52.2 Å². The summed E-state index contributed by atoms with van der Waals surface area (Å²) >= 11 is 0. The van der Waals surface area contributed by atoms with Crippen LogP contribution in [-0.2, 0) is 4.74 Å². The number of hydrogen-bond donors (Lipinski definition) is 0. The molecular weight excluding hydrogens is 276 g/mol. The summed E-state index contributed by atoms with van der Waals surface area (Å²) in [6.45, 7) is 8.52. The lowest BCUT2D eigenvalue weighted by Gasteiger charge is -2.39. The van der Waals surface area contributed by atoms with Crippen molar-refractivity contribution in [1.82, 2.24) is 4.90 Å². The molecule has 1 amide bonds. The molecule has 1 unspecified atom stereocenters. The minimum absolute atomic E-state index is 0.0267. The fourth-order valence-corrected chi connectivity index (χ4v) is 2.80. The number of ether oxygens (including phenoxy) is 1. The van der Waals surface area contributed by atoms with Gasteiger partial charge in [-0.15, -0.1) is 0 Å². The molecule has 4 nitrogen and oxygen atoms in total. The number of amides is 1. The monoisotopic (exact) mass is 300 g/mol. The molecular formula is C18H24N2O2. The largest absolute Gasteiger partial charge is 0.444 e. The molecule has 22 heavy (non-hydrogen) atoms. The van der Waals surface area contributed by atoms with Crippen molar-refractivity contribution in [3.8, 4) is 6.07 Å². The Bertz CT molecular complexity index is 566. The van der Waals surface area contributed by atoms with E-state index >= 15 is 0 Å². The number of hydrogen-bond acceptors (Lipinski definition) is 3. The Kier molecular flexibility index (Phi) is 4.75. The molecule has 1 saturated heterocycles. The van der Waals surface area contributed by atoms with E-state index in [0.717, 1.165) is 18.4 Å². The van der Waals surface area contributed by atoms with Crippen molar-refractivity contribution in [3.05, 3.63) is 35.4 Å². The average molecular weight is 300 g/mol. The lowest BCUT2D eigenvalue weighted by atomic mass is 9.90. The maximum absolute atomic E-state index is 12.5. The molecule has 0 aromatic heterocycles. The fourth-order valence-electron chi connectivity index (χ4n) is 2.80. The summed E-state index contributed by atoms with van der Waals surface area (Å²) in [6, 6.07) is 9.65. The number of rotatable bonds is 1. The molecule has 0 spiro atoms. The number of benzene rings is 1. The zero-order valence-corrected chi connectivity index (χ0v) is 13.8. The lowest BCUT2D eigenvalue weighted by molar-refractivity contribution is 0.00364. The van der Waals surface area contributed by atoms with Crippen LogP contribution in [0.3, 0.4) is 0 Å². The zero-order chi connectivity index (χ0) is 16.3. The van der Waals surface area contributed by atoms with Crippen LogP contribution in [0, 0.1) is 17.2 Å². The highest BCUT2D eigenvalue weighted by atomic mass is 16.6. The summed E-state index contributed by atoms with van der Waals surface area (Å²) in [5.41, 5.74) is 1.21. The standard InChI is InChI=1S/C18H24N2O2/c1-13-5-10-16(15-8-6-14(11-19)7-9-15)20(12-13)17(21)22-18(2,3)4/h6-9,13,16H,5,10,12H2,1-4H3/t13?,16-/m0/s1. The van der Waals surface area contributed by atoms with Gasteiger partial charge < -0.3 is 9.64 Å². The van der Waals surface area contributed by atoms with Crippen LogP contribution < -0.4 is 0 Å². The fraction of sp³-hybridized carbons (Fsp3) is 0.556. The summed E-state index contributed by atoms with van der Waals surface area (Å²) in [5, 5.41) is 8.91. The van der Waals surface area contributed by atoms with E-state index in [2.05, 4.69) is 13.0 Å². The molecule has 0 bridgehead atoms. The van der Waals surface area contributed by atoms with Gasteiger partial charge in [0, 0.05) is 6.54 Å². The average Bonchev–Trinajstić information content (AvgIpc) is 2.45. The van der Waals surface area contributed by atoms with Crippen molar-refractivity contribution >= 4 is 6.09 Å². The van der Waals surface area contributed by atoms with Gasteiger partial charge in [-0.05, 0) is 57.2 Å². The minimum Gasteiger partial charge on any atom is -0.444 e. The molecule has 2 atom stereocenters. The van der Waals surface area contributed by atoms with Crippen LogP contribution in [-0.4, -0.2) is 23.1 Å². The third-order valence-electron chi connectivity index (χ3n) is 3.87. The molecule has 1 aliphatic heterocycles. The van der Waals surface area contributed by atoms with Crippen LogP contribution in [0.1, 0.15) is 57.7 Å². The Morgan fingerprint density at radius 3 is 2.45 bits per heavy atom. The molecule has 4 heteroatoms. The molecule has 2 rings (SSSR count). The van der Waals surface area contributed by atoms with Crippen LogP contribution in [0.2, 0.25) is 0 Å². The molecule has 0 N–H and O–H groups in total. The van der Waals surface area contributed by atoms with E-state index in [1.54, 1.807) is 12.1 Å². The van der Waals surface area contributed by atoms with Gasteiger partial charge in [0.15, 0.2) is 0 Å². The minimum atomic E-state index is -0.493. The van der Waals surface area contributed by atoms with Gasteiger partial charge in [-0.25, -0.2) is 4.79 Å². The summed E-state index contributed by atoms with van der Waals surface area (Å²) in [6.07, 6.45) is 1.75. The predicted molar refractivity (Wildman–Crippen MR) is 85.2 cm³/mol. The summed E-state index contributed by atoms with van der Waals surface area (Å²) in [5.74, 6) is 0.474. The number of carbonyl (C=O) groups excluding carboxylic acids is 1. The quantitative estimate of drug-likeness (QED) is 0.778. The number of nitriles is 1.